The minimum absolute atomic E-state index is 0.159. The van der Waals surface area contributed by atoms with Crippen molar-refractivity contribution in [2.75, 3.05) is 44.2 Å². The number of fused-ring (bicyclic) bond motifs is 2. The Hall–Kier alpha value is -3.19. The molecule has 0 bridgehead atoms. The second kappa shape index (κ2) is 9.75. The summed E-state index contributed by atoms with van der Waals surface area (Å²) in [4.78, 5) is 35.5. The molecule has 3 aromatic rings. The Morgan fingerprint density at radius 2 is 1.79 bits per heavy atom. The minimum atomic E-state index is -0.159. The van der Waals surface area contributed by atoms with E-state index in [1.807, 2.05) is 12.1 Å². The Morgan fingerprint density at radius 3 is 2.67 bits per heavy atom. The third kappa shape index (κ3) is 5.09. The third-order valence-corrected chi connectivity index (χ3v) is 6.68. The number of pyridine rings is 2. The predicted octanol–water partition coefficient (Wildman–Crippen LogP) is 2.96. The van der Waals surface area contributed by atoms with Crippen molar-refractivity contribution in [1.82, 2.24) is 14.9 Å². The van der Waals surface area contributed by atoms with Gasteiger partial charge in [0.15, 0.2) is 0 Å². The molecule has 1 fully saturated rings. The topological polar surface area (TPSA) is 78.5 Å². The first-order chi connectivity index (χ1) is 16.2. The molecule has 172 valence electrons. The number of Topliss-reactive ketones (excluding diaryl/α,β-unsaturated/α-hetero) is 1. The molecule has 7 heteroatoms. The lowest BCUT2D eigenvalue weighted by atomic mass is 9.89. The molecule has 0 saturated carbocycles. The Bertz CT molecular complexity index is 1200. The maximum atomic E-state index is 12.0. The van der Waals surface area contributed by atoms with Crippen LogP contribution >= 0.6 is 0 Å². The highest BCUT2D eigenvalue weighted by molar-refractivity contribution is 5.85. The normalized spacial score (nSPS) is 16.7. The smallest absolute Gasteiger partial charge is 0.249 e. The van der Waals surface area contributed by atoms with Crippen molar-refractivity contribution in [3.05, 3.63) is 63.9 Å². The molecule has 3 heterocycles. The summed E-state index contributed by atoms with van der Waals surface area (Å²) in [6, 6.07) is 13.5. The molecule has 7 nitrogen and oxygen atoms in total. The standard InChI is InChI=1S/C26H30N4O3/c31-21-9-6-19-4-3-5-23(22(19)18-21)30-15-13-29(14-16-30)12-1-2-17-33-25-11-8-20-7-10-24(32)27-26(20)28-25/h3-5,7-8,10-11H,1-2,6,9,12-18H2,(H,27,28,32). The molecule has 0 atom stereocenters. The van der Waals surface area contributed by atoms with E-state index >= 15 is 0 Å². The summed E-state index contributed by atoms with van der Waals surface area (Å²) >= 11 is 0. The van der Waals surface area contributed by atoms with Gasteiger partial charge < -0.3 is 14.6 Å². The number of nitrogens with one attached hydrogen (secondary N) is 1. The summed E-state index contributed by atoms with van der Waals surface area (Å²) in [5.41, 5.74) is 4.26. The molecule has 0 unspecified atom stereocenters. The van der Waals surface area contributed by atoms with Crippen LogP contribution in [0.5, 0.6) is 5.88 Å². The average Bonchev–Trinajstić information content (AvgIpc) is 2.83. The van der Waals surface area contributed by atoms with Crippen molar-refractivity contribution in [2.24, 2.45) is 0 Å². The van der Waals surface area contributed by atoms with E-state index in [2.05, 4.69) is 38.0 Å². The maximum absolute atomic E-state index is 12.0. The SMILES string of the molecule is O=C1CCc2cccc(N3CCN(CCCCOc4ccc5ccc(=O)[nH]c5n4)CC3)c2C1. The number of H-pyrrole nitrogens is 1. The van der Waals surface area contributed by atoms with E-state index in [0.29, 0.717) is 36.8 Å². The van der Waals surface area contributed by atoms with Crippen LogP contribution in [0.15, 0.2) is 47.3 Å². The molecule has 33 heavy (non-hydrogen) atoms. The van der Waals surface area contributed by atoms with Gasteiger partial charge in [-0.1, -0.05) is 12.1 Å². The van der Waals surface area contributed by atoms with Crippen LogP contribution in [-0.4, -0.2) is 60.0 Å². The van der Waals surface area contributed by atoms with Gasteiger partial charge in [0.25, 0.3) is 0 Å². The summed E-state index contributed by atoms with van der Waals surface area (Å²) in [6.07, 6.45) is 4.19. The molecule has 1 aromatic carbocycles. The van der Waals surface area contributed by atoms with E-state index in [1.54, 1.807) is 6.07 Å². The van der Waals surface area contributed by atoms with Gasteiger partial charge in [-0.3, -0.25) is 14.5 Å². The van der Waals surface area contributed by atoms with Gasteiger partial charge in [0.05, 0.1) is 6.61 Å². The van der Waals surface area contributed by atoms with E-state index in [9.17, 15) is 9.59 Å². The highest BCUT2D eigenvalue weighted by atomic mass is 16.5. The summed E-state index contributed by atoms with van der Waals surface area (Å²) < 4.78 is 5.79. The van der Waals surface area contributed by atoms with Crippen LogP contribution in [0.4, 0.5) is 5.69 Å². The molecular weight excluding hydrogens is 416 g/mol. The predicted molar refractivity (Wildman–Crippen MR) is 129 cm³/mol. The van der Waals surface area contributed by atoms with Crippen molar-refractivity contribution < 1.29 is 9.53 Å². The van der Waals surface area contributed by atoms with Crippen LogP contribution in [0.2, 0.25) is 0 Å². The van der Waals surface area contributed by atoms with Gasteiger partial charge in [-0.2, -0.15) is 4.98 Å². The second-order valence-corrected chi connectivity index (χ2v) is 8.92. The number of ether oxygens (including phenoxy) is 1. The number of piperazine rings is 1. The van der Waals surface area contributed by atoms with Gasteiger partial charge in [-0.25, -0.2) is 0 Å². The van der Waals surface area contributed by atoms with Gasteiger partial charge in [-0.05, 0) is 55.1 Å². The Labute approximate surface area is 193 Å². The molecule has 2 aromatic heterocycles. The lowest BCUT2D eigenvalue weighted by molar-refractivity contribution is -0.118. The van der Waals surface area contributed by atoms with E-state index < -0.39 is 0 Å². The number of carbonyl (C=O) groups is 1. The van der Waals surface area contributed by atoms with E-state index in [0.717, 1.165) is 57.4 Å². The zero-order chi connectivity index (χ0) is 22.6. The molecular formula is C26H30N4O3. The number of hydrogen-bond donors (Lipinski definition) is 1. The molecule has 0 amide bonds. The second-order valence-electron chi connectivity index (χ2n) is 8.92. The van der Waals surface area contributed by atoms with Crippen LogP contribution in [0, 0.1) is 0 Å². The first-order valence-corrected chi connectivity index (χ1v) is 11.9. The van der Waals surface area contributed by atoms with Crippen molar-refractivity contribution in [3.63, 3.8) is 0 Å². The number of benzene rings is 1. The van der Waals surface area contributed by atoms with E-state index in [1.165, 1.54) is 22.9 Å². The van der Waals surface area contributed by atoms with Gasteiger partial charge in [-0.15, -0.1) is 0 Å². The Balaban J connectivity index is 1.06. The first-order valence-electron chi connectivity index (χ1n) is 11.9. The zero-order valence-corrected chi connectivity index (χ0v) is 18.9. The van der Waals surface area contributed by atoms with Gasteiger partial charge >= 0.3 is 0 Å². The number of anilines is 1. The van der Waals surface area contributed by atoms with Gasteiger partial charge in [0.2, 0.25) is 11.4 Å². The number of rotatable bonds is 7. The molecule has 0 spiro atoms. The fraction of sp³-hybridized carbons (Fsp3) is 0.423. The number of unbranched alkanes of at least 4 members (excludes halogenated alkanes) is 1. The fourth-order valence-corrected chi connectivity index (χ4v) is 4.83. The zero-order valence-electron chi connectivity index (χ0n) is 18.9. The molecule has 1 aliphatic heterocycles. The van der Waals surface area contributed by atoms with Crippen LogP contribution < -0.4 is 15.2 Å². The summed E-state index contributed by atoms with van der Waals surface area (Å²) in [7, 11) is 0. The highest BCUT2D eigenvalue weighted by Gasteiger charge is 2.23. The van der Waals surface area contributed by atoms with Crippen LogP contribution in [0.3, 0.4) is 0 Å². The van der Waals surface area contributed by atoms with Crippen molar-refractivity contribution >= 4 is 22.5 Å². The quantitative estimate of drug-likeness (QED) is 0.562. The van der Waals surface area contributed by atoms with E-state index in [-0.39, 0.29) is 5.56 Å². The number of aromatic nitrogens is 2. The largest absolute Gasteiger partial charge is 0.478 e. The number of hydrogen-bond acceptors (Lipinski definition) is 6. The number of ketones is 1. The van der Waals surface area contributed by atoms with Crippen LogP contribution in [0.1, 0.15) is 30.4 Å². The van der Waals surface area contributed by atoms with Crippen molar-refractivity contribution in [1.29, 1.82) is 0 Å². The molecule has 1 saturated heterocycles. The highest BCUT2D eigenvalue weighted by Crippen LogP contribution is 2.30. The number of aromatic amines is 1. The first kappa shape index (κ1) is 21.6. The number of aryl methyl sites for hydroxylation is 1. The molecule has 1 N–H and O–H groups in total. The lowest BCUT2D eigenvalue weighted by Gasteiger charge is -2.37. The van der Waals surface area contributed by atoms with Crippen molar-refractivity contribution in [3.8, 4) is 5.88 Å². The maximum Gasteiger partial charge on any atom is 0.249 e. The average molecular weight is 447 g/mol. The molecule has 2 aliphatic rings. The summed E-state index contributed by atoms with van der Waals surface area (Å²) in [6.45, 7) is 5.75. The van der Waals surface area contributed by atoms with Gasteiger partial charge in [0, 0.05) is 62.2 Å². The Kier molecular flexibility index (Phi) is 6.39. The minimum Gasteiger partial charge on any atom is -0.478 e. The summed E-state index contributed by atoms with van der Waals surface area (Å²) in [5, 5.41) is 0.892. The fourth-order valence-electron chi connectivity index (χ4n) is 4.83. The van der Waals surface area contributed by atoms with Crippen molar-refractivity contribution in [2.45, 2.75) is 32.1 Å². The molecule has 1 aliphatic carbocycles. The van der Waals surface area contributed by atoms with Gasteiger partial charge in [0.1, 0.15) is 11.4 Å². The number of carbonyl (C=O) groups excluding carboxylic acids is 1. The summed E-state index contributed by atoms with van der Waals surface area (Å²) in [5.74, 6) is 0.908. The van der Waals surface area contributed by atoms with Crippen LogP contribution in [0.25, 0.3) is 11.0 Å². The Morgan fingerprint density at radius 1 is 0.939 bits per heavy atom. The lowest BCUT2D eigenvalue weighted by Crippen LogP contribution is -2.47. The molecule has 0 radical (unpaired) electrons. The third-order valence-electron chi connectivity index (χ3n) is 6.68. The monoisotopic (exact) mass is 446 g/mol. The van der Waals surface area contributed by atoms with Crippen LogP contribution in [-0.2, 0) is 17.6 Å². The molecule has 5 rings (SSSR count). The van der Waals surface area contributed by atoms with E-state index in [4.69, 9.17) is 4.74 Å². The number of nitrogens with zero attached hydrogens (tertiary/aromatic N) is 3.